The second kappa shape index (κ2) is 5.73. The quantitative estimate of drug-likeness (QED) is 0.876. The lowest BCUT2D eigenvalue weighted by atomic mass is 10.1. The zero-order valence-electron chi connectivity index (χ0n) is 12.0. The molecular formula is C14H19N5O. The number of hydrogen-bond donors (Lipinski definition) is 2. The number of hydrogen-bond acceptors (Lipinski definition) is 4. The number of carbonyl (C=O) groups is 1. The van der Waals surface area contributed by atoms with E-state index in [9.17, 15) is 4.79 Å². The molecule has 2 rings (SSSR count). The van der Waals surface area contributed by atoms with Gasteiger partial charge in [0.15, 0.2) is 0 Å². The van der Waals surface area contributed by atoms with Crippen molar-refractivity contribution in [3.8, 4) is 0 Å². The molecule has 2 aromatic rings. The van der Waals surface area contributed by atoms with Crippen LogP contribution in [0.5, 0.6) is 0 Å². The molecule has 0 spiro atoms. The van der Waals surface area contributed by atoms with Crippen molar-refractivity contribution in [3.63, 3.8) is 0 Å². The number of nitrogens with one attached hydrogen (secondary N) is 1. The van der Waals surface area contributed by atoms with Gasteiger partial charge in [0.2, 0.25) is 0 Å². The molecule has 2 aromatic heterocycles. The van der Waals surface area contributed by atoms with E-state index in [-0.39, 0.29) is 5.91 Å². The van der Waals surface area contributed by atoms with E-state index in [0.717, 1.165) is 16.8 Å². The first-order valence-electron chi connectivity index (χ1n) is 6.53. The summed E-state index contributed by atoms with van der Waals surface area (Å²) in [6.07, 6.45) is 4.18. The number of aromatic nitrogens is 3. The summed E-state index contributed by atoms with van der Waals surface area (Å²) in [4.78, 5) is 16.3. The van der Waals surface area contributed by atoms with Crippen LogP contribution in [0.4, 0.5) is 5.69 Å². The van der Waals surface area contributed by atoms with Gasteiger partial charge in [-0.2, -0.15) is 5.10 Å². The number of nitrogen functional groups attached to an aromatic ring is 1. The maximum atomic E-state index is 12.2. The van der Waals surface area contributed by atoms with E-state index in [2.05, 4.69) is 15.4 Å². The van der Waals surface area contributed by atoms with Gasteiger partial charge in [-0.1, -0.05) is 6.92 Å². The van der Waals surface area contributed by atoms with Gasteiger partial charge in [-0.05, 0) is 30.5 Å². The highest BCUT2D eigenvalue weighted by Gasteiger charge is 2.18. The number of anilines is 1. The van der Waals surface area contributed by atoms with Crippen molar-refractivity contribution in [2.45, 2.75) is 26.8 Å². The predicted molar refractivity (Wildman–Crippen MR) is 77.1 cm³/mol. The van der Waals surface area contributed by atoms with Gasteiger partial charge in [-0.25, -0.2) is 0 Å². The Hall–Kier alpha value is -2.37. The fraction of sp³-hybridized carbons (Fsp3) is 0.357. The number of pyridine rings is 1. The van der Waals surface area contributed by atoms with Gasteiger partial charge in [-0.3, -0.25) is 14.5 Å². The summed E-state index contributed by atoms with van der Waals surface area (Å²) in [5, 5.41) is 7.10. The highest BCUT2D eigenvalue weighted by atomic mass is 16.2. The minimum Gasteiger partial charge on any atom is -0.395 e. The molecule has 2 heterocycles. The molecule has 6 heteroatoms. The summed E-state index contributed by atoms with van der Waals surface area (Å²) >= 11 is 0. The van der Waals surface area contributed by atoms with Gasteiger partial charge in [0.1, 0.15) is 5.69 Å². The minimum atomic E-state index is -0.222. The molecule has 0 radical (unpaired) electrons. The molecular weight excluding hydrogens is 254 g/mol. The summed E-state index contributed by atoms with van der Waals surface area (Å²) < 4.78 is 1.53. The van der Waals surface area contributed by atoms with E-state index in [0.29, 0.717) is 24.3 Å². The van der Waals surface area contributed by atoms with Crippen LogP contribution < -0.4 is 11.1 Å². The number of carbonyl (C=O) groups excluding carboxylic acids is 1. The fourth-order valence-corrected chi connectivity index (χ4v) is 2.07. The molecule has 0 aliphatic carbocycles. The fourth-order valence-electron chi connectivity index (χ4n) is 2.07. The van der Waals surface area contributed by atoms with Crippen LogP contribution in [-0.4, -0.2) is 20.7 Å². The molecule has 106 valence electrons. The van der Waals surface area contributed by atoms with Crippen LogP contribution in [0.1, 0.15) is 34.2 Å². The number of aryl methyl sites for hydroxylation is 3. The first-order valence-corrected chi connectivity index (χ1v) is 6.53. The third kappa shape index (κ3) is 2.64. The standard InChI is InChI=1S/C14H19N5O/c1-4-11-12(15)13(19(3)18-11)14(20)17-8-10-7-16-6-5-9(10)2/h5-7H,4,8,15H2,1-3H3,(H,17,20). The van der Waals surface area contributed by atoms with Crippen molar-refractivity contribution in [3.05, 3.63) is 41.0 Å². The van der Waals surface area contributed by atoms with E-state index >= 15 is 0 Å². The van der Waals surface area contributed by atoms with Gasteiger partial charge in [0, 0.05) is 26.0 Å². The Morgan fingerprint density at radius 3 is 2.85 bits per heavy atom. The summed E-state index contributed by atoms with van der Waals surface area (Å²) in [7, 11) is 1.72. The van der Waals surface area contributed by atoms with Crippen molar-refractivity contribution in [1.82, 2.24) is 20.1 Å². The van der Waals surface area contributed by atoms with E-state index in [4.69, 9.17) is 5.73 Å². The average molecular weight is 273 g/mol. The molecule has 3 N–H and O–H groups in total. The SMILES string of the molecule is CCc1nn(C)c(C(=O)NCc2cnccc2C)c1N. The number of nitrogens with two attached hydrogens (primary N) is 1. The van der Waals surface area contributed by atoms with Gasteiger partial charge in [-0.15, -0.1) is 0 Å². The Kier molecular flexibility index (Phi) is 4.02. The maximum absolute atomic E-state index is 12.2. The van der Waals surface area contributed by atoms with E-state index < -0.39 is 0 Å². The molecule has 6 nitrogen and oxygen atoms in total. The second-order valence-corrected chi connectivity index (χ2v) is 4.67. The zero-order chi connectivity index (χ0) is 14.7. The van der Waals surface area contributed by atoms with E-state index in [1.807, 2.05) is 19.9 Å². The Bertz CT molecular complexity index is 632. The van der Waals surface area contributed by atoms with Gasteiger partial charge < -0.3 is 11.1 Å². The van der Waals surface area contributed by atoms with Crippen molar-refractivity contribution in [2.75, 3.05) is 5.73 Å². The Morgan fingerprint density at radius 2 is 2.25 bits per heavy atom. The predicted octanol–water partition coefficient (Wildman–Crippen LogP) is 1.20. The third-order valence-electron chi connectivity index (χ3n) is 3.30. The third-order valence-corrected chi connectivity index (χ3v) is 3.30. The molecule has 0 aliphatic rings. The van der Waals surface area contributed by atoms with Crippen LogP contribution in [0, 0.1) is 6.92 Å². The number of nitrogens with zero attached hydrogens (tertiary/aromatic N) is 3. The molecule has 20 heavy (non-hydrogen) atoms. The summed E-state index contributed by atoms with van der Waals surface area (Å²) in [6.45, 7) is 4.36. The molecule has 0 saturated carbocycles. The van der Waals surface area contributed by atoms with Crippen molar-refractivity contribution >= 4 is 11.6 Å². The summed E-state index contributed by atoms with van der Waals surface area (Å²) in [6, 6.07) is 1.91. The molecule has 0 atom stereocenters. The zero-order valence-corrected chi connectivity index (χ0v) is 12.0. The Balaban J connectivity index is 2.13. The maximum Gasteiger partial charge on any atom is 0.271 e. The van der Waals surface area contributed by atoms with Gasteiger partial charge in [0.25, 0.3) is 5.91 Å². The molecule has 0 aromatic carbocycles. The van der Waals surface area contributed by atoms with Crippen LogP contribution in [-0.2, 0) is 20.0 Å². The monoisotopic (exact) mass is 273 g/mol. The summed E-state index contributed by atoms with van der Waals surface area (Å²) in [5.74, 6) is -0.222. The largest absolute Gasteiger partial charge is 0.395 e. The molecule has 1 amide bonds. The highest BCUT2D eigenvalue weighted by molar-refractivity contribution is 5.97. The number of amides is 1. The lowest BCUT2D eigenvalue weighted by Gasteiger charge is -2.08. The van der Waals surface area contributed by atoms with Crippen LogP contribution >= 0.6 is 0 Å². The molecule has 0 bridgehead atoms. The molecule has 0 saturated heterocycles. The first-order chi connectivity index (χ1) is 9.54. The van der Waals surface area contributed by atoms with Crippen LogP contribution in [0.25, 0.3) is 0 Å². The molecule has 0 unspecified atom stereocenters. The highest BCUT2D eigenvalue weighted by Crippen LogP contribution is 2.17. The number of rotatable bonds is 4. The minimum absolute atomic E-state index is 0.222. The van der Waals surface area contributed by atoms with Crippen molar-refractivity contribution in [2.24, 2.45) is 7.05 Å². The van der Waals surface area contributed by atoms with Crippen LogP contribution in [0.2, 0.25) is 0 Å². The van der Waals surface area contributed by atoms with Crippen LogP contribution in [0.15, 0.2) is 18.5 Å². The Labute approximate surface area is 118 Å². The van der Waals surface area contributed by atoms with E-state index in [1.165, 1.54) is 4.68 Å². The topological polar surface area (TPSA) is 85.8 Å². The van der Waals surface area contributed by atoms with Crippen molar-refractivity contribution in [1.29, 1.82) is 0 Å². The lowest BCUT2D eigenvalue weighted by molar-refractivity contribution is 0.0942. The lowest BCUT2D eigenvalue weighted by Crippen LogP contribution is -2.26. The van der Waals surface area contributed by atoms with Gasteiger partial charge >= 0.3 is 0 Å². The molecule has 0 fully saturated rings. The second-order valence-electron chi connectivity index (χ2n) is 4.67. The van der Waals surface area contributed by atoms with Crippen LogP contribution in [0.3, 0.4) is 0 Å². The summed E-state index contributed by atoms with van der Waals surface area (Å²) in [5.41, 5.74) is 9.64. The van der Waals surface area contributed by atoms with Crippen molar-refractivity contribution < 1.29 is 4.79 Å². The smallest absolute Gasteiger partial charge is 0.271 e. The average Bonchev–Trinajstić information content (AvgIpc) is 2.72. The normalized spacial score (nSPS) is 10.6. The van der Waals surface area contributed by atoms with E-state index in [1.54, 1.807) is 19.4 Å². The van der Waals surface area contributed by atoms with Gasteiger partial charge in [0.05, 0.1) is 11.4 Å². The first kappa shape index (κ1) is 14.0. The Morgan fingerprint density at radius 1 is 1.50 bits per heavy atom. The molecule has 0 aliphatic heterocycles.